The molecule has 0 atom stereocenters. The van der Waals surface area contributed by atoms with Crippen molar-refractivity contribution in [3.63, 3.8) is 0 Å². The number of methoxy groups -OCH3 is 2. The highest BCUT2D eigenvalue weighted by Gasteiger charge is 2.43. The maximum Gasteiger partial charge on any atom is 0.0613 e. The lowest BCUT2D eigenvalue weighted by atomic mass is 9.74. The third-order valence-electron chi connectivity index (χ3n) is 5.79. The van der Waals surface area contributed by atoms with E-state index >= 15 is 0 Å². The van der Waals surface area contributed by atoms with Crippen molar-refractivity contribution in [3.05, 3.63) is 23.3 Å². The minimum absolute atomic E-state index is 0.0103. The van der Waals surface area contributed by atoms with Gasteiger partial charge in [-0.15, -0.1) is 0 Å². The van der Waals surface area contributed by atoms with Gasteiger partial charge in [-0.2, -0.15) is 0 Å². The molecule has 0 saturated heterocycles. The van der Waals surface area contributed by atoms with Gasteiger partial charge in [-0.05, 0) is 48.7 Å². The molecule has 3 aliphatic carbocycles. The van der Waals surface area contributed by atoms with Crippen LogP contribution in [0.5, 0.6) is 0 Å². The topological polar surface area (TPSA) is 18.5 Å². The van der Waals surface area contributed by atoms with E-state index in [0.29, 0.717) is 0 Å². The average Bonchev–Trinajstić information content (AvgIpc) is 3.19. The quantitative estimate of drug-likeness (QED) is 0.716. The Morgan fingerprint density at radius 1 is 0.905 bits per heavy atom. The zero-order valence-electron chi connectivity index (χ0n) is 13.7. The van der Waals surface area contributed by atoms with E-state index in [-0.39, 0.29) is 5.41 Å². The summed E-state index contributed by atoms with van der Waals surface area (Å²) in [5.41, 5.74) is 3.36. The summed E-state index contributed by atoms with van der Waals surface area (Å²) in [6, 6.07) is 0. The predicted octanol–water partition coefficient (Wildman–Crippen LogP) is 4.51. The zero-order valence-corrected chi connectivity index (χ0v) is 13.7. The highest BCUT2D eigenvalue weighted by atomic mass is 16.5. The Morgan fingerprint density at radius 3 is 1.95 bits per heavy atom. The third kappa shape index (κ3) is 2.85. The highest BCUT2D eigenvalue weighted by molar-refractivity contribution is 5.45. The van der Waals surface area contributed by atoms with Crippen molar-refractivity contribution in [2.75, 3.05) is 27.4 Å². The summed E-state index contributed by atoms with van der Waals surface area (Å²) >= 11 is 0. The van der Waals surface area contributed by atoms with E-state index in [9.17, 15) is 0 Å². The van der Waals surface area contributed by atoms with Gasteiger partial charge in [0.25, 0.3) is 0 Å². The molecule has 3 aliphatic rings. The molecule has 2 fully saturated rings. The van der Waals surface area contributed by atoms with Gasteiger partial charge in [0.15, 0.2) is 0 Å². The van der Waals surface area contributed by atoms with Crippen molar-refractivity contribution in [3.8, 4) is 0 Å². The number of hydrogen-bond acceptors (Lipinski definition) is 2. The SMILES string of the molecule is COCC1(COC)C=CC(C2CCCC2)=C1C1CCCC1. The van der Waals surface area contributed by atoms with Crippen molar-refractivity contribution >= 4 is 0 Å². The van der Waals surface area contributed by atoms with Gasteiger partial charge in [-0.1, -0.05) is 37.8 Å². The van der Waals surface area contributed by atoms with Crippen molar-refractivity contribution < 1.29 is 9.47 Å². The molecular weight excluding hydrogens is 260 g/mol. The van der Waals surface area contributed by atoms with Crippen LogP contribution >= 0.6 is 0 Å². The fourth-order valence-electron chi connectivity index (χ4n) is 4.97. The predicted molar refractivity (Wildman–Crippen MR) is 86.3 cm³/mol. The highest BCUT2D eigenvalue weighted by Crippen LogP contribution is 2.51. The third-order valence-corrected chi connectivity index (χ3v) is 5.79. The molecule has 0 aromatic carbocycles. The summed E-state index contributed by atoms with van der Waals surface area (Å²) in [7, 11) is 3.65. The van der Waals surface area contributed by atoms with Gasteiger partial charge in [0.05, 0.1) is 18.6 Å². The molecule has 21 heavy (non-hydrogen) atoms. The lowest BCUT2D eigenvalue weighted by Crippen LogP contribution is -2.33. The van der Waals surface area contributed by atoms with Gasteiger partial charge >= 0.3 is 0 Å². The van der Waals surface area contributed by atoms with Crippen LogP contribution in [-0.4, -0.2) is 27.4 Å². The first-order valence-electron chi connectivity index (χ1n) is 8.72. The average molecular weight is 290 g/mol. The van der Waals surface area contributed by atoms with Gasteiger partial charge in [0, 0.05) is 14.2 Å². The second-order valence-corrected chi connectivity index (χ2v) is 7.19. The van der Waals surface area contributed by atoms with E-state index in [0.717, 1.165) is 25.0 Å². The van der Waals surface area contributed by atoms with Crippen LogP contribution in [0, 0.1) is 17.3 Å². The van der Waals surface area contributed by atoms with Crippen molar-refractivity contribution in [2.24, 2.45) is 17.3 Å². The summed E-state index contributed by atoms with van der Waals surface area (Å²) in [6.07, 6.45) is 15.9. The monoisotopic (exact) mass is 290 g/mol. The smallest absolute Gasteiger partial charge is 0.0613 e. The van der Waals surface area contributed by atoms with Gasteiger partial charge < -0.3 is 9.47 Å². The van der Waals surface area contributed by atoms with Crippen LogP contribution in [0.3, 0.4) is 0 Å². The fraction of sp³-hybridized carbons (Fsp3) is 0.789. The van der Waals surface area contributed by atoms with E-state index in [1.54, 1.807) is 11.1 Å². The molecule has 0 bridgehead atoms. The van der Waals surface area contributed by atoms with E-state index in [1.807, 2.05) is 14.2 Å². The van der Waals surface area contributed by atoms with E-state index in [4.69, 9.17) is 9.47 Å². The Balaban J connectivity index is 1.97. The summed E-state index contributed by atoms with van der Waals surface area (Å²) in [6.45, 7) is 1.53. The molecule has 0 N–H and O–H groups in total. The minimum atomic E-state index is 0.0103. The van der Waals surface area contributed by atoms with E-state index in [2.05, 4.69) is 12.2 Å². The van der Waals surface area contributed by atoms with Crippen LogP contribution in [-0.2, 0) is 9.47 Å². The molecule has 0 aromatic rings. The van der Waals surface area contributed by atoms with Crippen molar-refractivity contribution in [2.45, 2.75) is 51.4 Å². The van der Waals surface area contributed by atoms with Crippen molar-refractivity contribution in [1.82, 2.24) is 0 Å². The summed E-state index contributed by atoms with van der Waals surface area (Å²) < 4.78 is 11.2. The van der Waals surface area contributed by atoms with Crippen molar-refractivity contribution in [1.29, 1.82) is 0 Å². The maximum atomic E-state index is 5.62. The molecule has 118 valence electrons. The molecule has 2 saturated carbocycles. The summed E-state index contributed by atoms with van der Waals surface area (Å²) in [5.74, 6) is 1.56. The maximum absolute atomic E-state index is 5.62. The summed E-state index contributed by atoms with van der Waals surface area (Å²) in [4.78, 5) is 0. The second kappa shape index (κ2) is 6.66. The van der Waals surface area contributed by atoms with E-state index in [1.165, 1.54) is 51.4 Å². The lowest BCUT2D eigenvalue weighted by Gasteiger charge is -2.34. The Hall–Kier alpha value is -0.600. The first kappa shape index (κ1) is 15.3. The molecule has 0 heterocycles. The molecule has 2 nitrogen and oxygen atoms in total. The molecule has 0 amide bonds. The van der Waals surface area contributed by atoms with Gasteiger partial charge in [0.2, 0.25) is 0 Å². The number of rotatable bonds is 6. The van der Waals surface area contributed by atoms with Gasteiger partial charge in [-0.3, -0.25) is 0 Å². The molecule has 0 radical (unpaired) electrons. The van der Waals surface area contributed by atoms with Crippen LogP contribution in [0.25, 0.3) is 0 Å². The molecular formula is C19H30O2. The first-order chi connectivity index (χ1) is 10.3. The molecule has 0 aliphatic heterocycles. The van der Waals surface area contributed by atoms with E-state index < -0.39 is 0 Å². The Bertz CT molecular complexity index is 403. The normalized spacial score (nSPS) is 26.4. The fourth-order valence-corrected chi connectivity index (χ4v) is 4.97. The molecule has 0 spiro atoms. The lowest BCUT2D eigenvalue weighted by molar-refractivity contribution is 0.0567. The Kier molecular flexibility index (Phi) is 4.85. The largest absolute Gasteiger partial charge is 0.383 e. The molecule has 0 unspecified atom stereocenters. The number of ether oxygens (including phenoxy) is 2. The minimum Gasteiger partial charge on any atom is -0.383 e. The van der Waals surface area contributed by atoms with Crippen LogP contribution in [0.15, 0.2) is 23.3 Å². The number of hydrogen-bond donors (Lipinski definition) is 0. The van der Waals surface area contributed by atoms with Crippen LogP contribution in [0.1, 0.15) is 51.4 Å². The van der Waals surface area contributed by atoms with Gasteiger partial charge in [0.1, 0.15) is 0 Å². The molecule has 3 rings (SSSR count). The Labute approximate surface area is 129 Å². The standard InChI is InChI=1S/C19H30O2/c1-20-13-19(14-21-2)12-11-17(15-7-3-4-8-15)18(19)16-9-5-6-10-16/h11-12,15-16H,3-10,13-14H2,1-2H3. The zero-order chi connectivity index (χ0) is 14.7. The first-order valence-corrected chi connectivity index (χ1v) is 8.72. The molecule has 0 aromatic heterocycles. The molecule has 2 heteroatoms. The van der Waals surface area contributed by atoms with Crippen LogP contribution < -0.4 is 0 Å². The van der Waals surface area contributed by atoms with Gasteiger partial charge in [-0.25, -0.2) is 0 Å². The second-order valence-electron chi connectivity index (χ2n) is 7.19. The Morgan fingerprint density at radius 2 is 1.43 bits per heavy atom. The summed E-state index contributed by atoms with van der Waals surface area (Å²) in [5, 5.41) is 0. The number of allylic oxidation sites excluding steroid dienone is 2. The van der Waals surface area contributed by atoms with Crippen LogP contribution in [0.4, 0.5) is 0 Å². The van der Waals surface area contributed by atoms with Crippen LogP contribution in [0.2, 0.25) is 0 Å².